The van der Waals surface area contributed by atoms with Crippen molar-refractivity contribution in [3.63, 3.8) is 0 Å². The molecule has 0 aliphatic carbocycles. The summed E-state index contributed by atoms with van der Waals surface area (Å²) < 4.78 is 4.96. The number of aromatic amines is 1. The molecule has 12 heavy (non-hydrogen) atoms. The molecule has 1 aromatic rings. The van der Waals surface area contributed by atoms with Crippen LogP contribution in [-0.2, 0) is 0 Å². The SMILES string of the molecule is CCC[N+](C)(C)c1noc(=O)[nH]1. The zero-order valence-corrected chi connectivity index (χ0v) is 7.63. The van der Waals surface area contributed by atoms with Crippen molar-refractivity contribution < 1.29 is 4.52 Å². The third-order valence-corrected chi connectivity index (χ3v) is 1.78. The van der Waals surface area contributed by atoms with Crippen molar-refractivity contribution in [1.82, 2.24) is 14.6 Å². The smallest absolute Gasteiger partial charge is 0.290 e. The number of hydrogen-bond donors (Lipinski definition) is 1. The second kappa shape index (κ2) is 3.10. The van der Waals surface area contributed by atoms with Gasteiger partial charge in [-0.2, -0.15) is 0 Å². The Hall–Kier alpha value is -1.10. The number of aromatic nitrogens is 2. The fourth-order valence-electron chi connectivity index (χ4n) is 1.15. The average Bonchev–Trinajstić information content (AvgIpc) is 2.36. The first-order valence-electron chi connectivity index (χ1n) is 3.96. The molecule has 0 aliphatic rings. The standard InChI is InChI=1S/C7H13N3O2/c1-4-5-10(2,3)6-8-7(11)12-9-6/h4-5H2,1-3H3/p+1. The van der Waals surface area contributed by atoms with Gasteiger partial charge < -0.3 is 0 Å². The molecule has 0 unspecified atom stereocenters. The molecule has 1 N–H and O–H groups in total. The highest BCUT2D eigenvalue weighted by molar-refractivity contribution is 5.17. The lowest BCUT2D eigenvalue weighted by molar-refractivity contribution is 0.339. The number of rotatable bonds is 3. The van der Waals surface area contributed by atoms with Crippen LogP contribution in [0.25, 0.3) is 0 Å². The summed E-state index contributed by atoms with van der Waals surface area (Å²) in [6.45, 7) is 3.00. The van der Waals surface area contributed by atoms with E-state index in [1.807, 2.05) is 14.1 Å². The van der Waals surface area contributed by atoms with E-state index < -0.39 is 5.76 Å². The van der Waals surface area contributed by atoms with Gasteiger partial charge in [0.1, 0.15) is 0 Å². The number of hydrogen-bond acceptors (Lipinski definition) is 3. The molecule has 0 fully saturated rings. The first kappa shape index (κ1) is 8.99. The molecule has 0 saturated carbocycles. The summed E-state index contributed by atoms with van der Waals surface area (Å²) in [6, 6.07) is 0. The maximum absolute atomic E-state index is 10.6. The molecule has 1 heterocycles. The lowest BCUT2D eigenvalue weighted by Gasteiger charge is -2.23. The van der Waals surface area contributed by atoms with E-state index in [9.17, 15) is 4.79 Å². The molecule has 0 spiro atoms. The first-order valence-corrected chi connectivity index (χ1v) is 3.96. The maximum Gasteiger partial charge on any atom is 0.443 e. The quantitative estimate of drug-likeness (QED) is 0.669. The normalized spacial score (nSPS) is 11.9. The third kappa shape index (κ3) is 1.73. The van der Waals surface area contributed by atoms with Gasteiger partial charge in [-0.05, 0) is 6.42 Å². The van der Waals surface area contributed by atoms with Gasteiger partial charge in [0, 0.05) is 5.16 Å². The molecule has 0 radical (unpaired) electrons. The summed E-state index contributed by atoms with van der Waals surface area (Å²) in [7, 11) is 3.94. The highest BCUT2D eigenvalue weighted by Gasteiger charge is 2.22. The lowest BCUT2D eigenvalue weighted by atomic mass is 10.4. The van der Waals surface area contributed by atoms with Gasteiger partial charge in [-0.25, -0.2) is 9.78 Å². The number of nitrogens with one attached hydrogen (secondary N) is 1. The Balaban J connectivity index is 2.88. The number of H-pyrrole nitrogens is 1. The van der Waals surface area contributed by atoms with E-state index in [4.69, 9.17) is 0 Å². The van der Waals surface area contributed by atoms with Crippen LogP contribution in [0.5, 0.6) is 0 Å². The number of nitrogens with zero attached hydrogens (tertiary/aromatic N) is 2. The van der Waals surface area contributed by atoms with Crippen molar-refractivity contribution in [3.05, 3.63) is 10.6 Å². The van der Waals surface area contributed by atoms with E-state index >= 15 is 0 Å². The van der Waals surface area contributed by atoms with Gasteiger partial charge in [0.2, 0.25) is 0 Å². The van der Waals surface area contributed by atoms with E-state index in [0.717, 1.165) is 13.0 Å². The second-order valence-corrected chi connectivity index (χ2v) is 3.33. The van der Waals surface area contributed by atoms with Crippen LogP contribution >= 0.6 is 0 Å². The third-order valence-electron chi connectivity index (χ3n) is 1.78. The van der Waals surface area contributed by atoms with E-state index in [1.165, 1.54) is 0 Å². The zero-order chi connectivity index (χ0) is 9.19. The molecule has 0 aromatic carbocycles. The van der Waals surface area contributed by atoms with Gasteiger partial charge in [0.25, 0.3) is 0 Å². The van der Waals surface area contributed by atoms with E-state index in [0.29, 0.717) is 10.4 Å². The van der Waals surface area contributed by atoms with E-state index in [1.54, 1.807) is 0 Å². The van der Waals surface area contributed by atoms with Gasteiger partial charge in [0.15, 0.2) is 0 Å². The first-order chi connectivity index (χ1) is 5.56. The Morgan fingerprint density at radius 2 is 2.25 bits per heavy atom. The summed E-state index contributed by atoms with van der Waals surface area (Å²) in [4.78, 5) is 13.2. The Morgan fingerprint density at radius 3 is 2.67 bits per heavy atom. The van der Waals surface area contributed by atoms with Gasteiger partial charge in [0.05, 0.1) is 20.6 Å². The summed E-state index contributed by atoms with van der Waals surface area (Å²) >= 11 is 0. The van der Waals surface area contributed by atoms with Crippen LogP contribution in [0.15, 0.2) is 9.32 Å². The minimum atomic E-state index is -0.493. The van der Waals surface area contributed by atoms with E-state index in [-0.39, 0.29) is 0 Å². The Kier molecular flexibility index (Phi) is 2.32. The predicted molar refractivity (Wildman–Crippen MR) is 45.9 cm³/mol. The van der Waals surface area contributed by atoms with Crippen LogP contribution in [0.4, 0.5) is 5.95 Å². The molecule has 0 amide bonds. The summed E-state index contributed by atoms with van der Waals surface area (Å²) in [5, 5.41) is 3.64. The molecule has 1 aromatic heterocycles. The molecule has 5 heteroatoms. The average molecular weight is 172 g/mol. The molecule has 5 nitrogen and oxygen atoms in total. The van der Waals surface area contributed by atoms with Crippen LogP contribution < -0.4 is 10.2 Å². The van der Waals surface area contributed by atoms with E-state index in [2.05, 4.69) is 21.6 Å². The maximum atomic E-state index is 10.6. The Morgan fingerprint density at radius 1 is 1.58 bits per heavy atom. The van der Waals surface area contributed by atoms with Crippen LogP contribution in [-0.4, -0.2) is 30.8 Å². The fraction of sp³-hybridized carbons (Fsp3) is 0.714. The van der Waals surface area contributed by atoms with Crippen LogP contribution in [0, 0.1) is 0 Å². The molecule has 0 bridgehead atoms. The highest BCUT2D eigenvalue weighted by atomic mass is 16.5. The van der Waals surface area contributed by atoms with Crippen molar-refractivity contribution in [2.45, 2.75) is 13.3 Å². The van der Waals surface area contributed by atoms with Gasteiger partial charge in [-0.15, -0.1) is 0 Å². The minimum Gasteiger partial charge on any atom is -0.290 e. The summed E-state index contributed by atoms with van der Waals surface area (Å²) in [5.74, 6) is 0.0779. The molecular formula is C7H14N3O2+. The predicted octanol–water partition coefficient (Wildman–Crippen LogP) is 0.340. The topological polar surface area (TPSA) is 58.9 Å². The van der Waals surface area contributed by atoms with Crippen LogP contribution in [0.1, 0.15) is 13.3 Å². The van der Waals surface area contributed by atoms with Crippen LogP contribution in [0.3, 0.4) is 0 Å². The highest BCUT2D eigenvalue weighted by Crippen LogP contribution is 2.09. The minimum absolute atomic E-state index is 0.493. The van der Waals surface area contributed by atoms with Gasteiger partial charge >= 0.3 is 11.7 Å². The molecule has 1 rings (SSSR count). The van der Waals surface area contributed by atoms with Crippen molar-refractivity contribution in [2.75, 3.05) is 20.6 Å². The Bertz CT molecular complexity index is 300. The monoisotopic (exact) mass is 172 g/mol. The molecule has 0 aliphatic heterocycles. The lowest BCUT2D eigenvalue weighted by Crippen LogP contribution is -2.42. The van der Waals surface area contributed by atoms with Crippen molar-refractivity contribution >= 4 is 5.95 Å². The second-order valence-electron chi connectivity index (χ2n) is 3.33. The molecule has 68 valence electrons. The summed E-state index contributed by atoms with van der Waals surface area (Å²) in [6.07, 6.45) is 1.03. The molecule has 0 atom stereocenters. The number of quaternary nitrogens is 1. The fourth-order valence-corrected chi connectivity index (χ4v) is 1.15. The van der Waals surface area contributed by atoms with Crippen molar-refractivity contribution in [3.8, 4) is 0 Å². The van der Waals surface area contributed by atoms with Crippen molar-refractivity contribution in [1.29, 1.82) is 0 Å². The van der Waals surface area contributed by atoms with Crippen molar-refractivity contribution in [2.24, 2.45) is 0 Å². The molecule has 0 saturated heterocycles. The summed E-state index contributed by atoms with van der Waals surface area (Å²) in [5.41, 5.74) is 0. The largest absolute Gasteiger partial charge is 0.443 e. The van der Waals surface area contributed by atoms with Crippen LogP contribution in [0.2, 0.25) is 0 Å². The molecular weight excluding hydrogens is 158 g/mol. The zero-order valence-electron chi connectivity index (χ0n) is 7.63. The van der Waals surface area contributed by atoms with Gasteiger partial charge in [-0.1, -0.05) is 6.92 Å². The Labute approximate surface area is 70.6 Å². The van der Waals surface area contributed by atoms with Gasteiger partial charge in [-0.3, -0.25) is 9.01 Å².